The minimum Gasteiger partial charge on any atom is -0.450 e. The number of oxazole rings is 1. The summed E-state index contributed by atoms with van der Waals surface area (Å²) in [6.07, 6.45) is 5.30. The molecule has 1 unspecified atom stereocenters. The summed E-state index contributed by atoms with van der Waals surface area (Å²) in [6.45, 7) is 9.28. The van der Waals surface area contributed by atoms with Crippen molar-refractivity contribution in [3.63, 3.8) is 0 Å². The van der Waals surface area contributed by atoms with E-state index in [4.69, 9.17) is 9.15 Å². The highest BCUT2D eigenvalue weighted by Crippen LogP contribution is 2.32. The van der Waals surface area contributed by atoms with Crippen LogP contribution in [0.3, 0.4) is 0 Å². The maximum Gasteiger partial charge on any atom is 0.394 e. The van der Waals surface area contributed by atoms with Gasteiger partial charge < -0.3 is 9.15 Å². The lowest BCUT2D eigenvalue weighted by atomic mass is 10.0. The monoisotopic (exact) mass is 281 g/mol. The average molecular weight is 281 g/mol. The van der Waals surface area contributed by atoms with Crippen molar-refractivity contribution in [2.24, 2.45) is 5.92 Å². The molecule has 0 amide bonds. The molecule has 4 heteroatoms. The quantitative estimate of drug-likeness (QED) is 0.708. The molecule has 0 saturated carbocycles. The lowest BCUT2D eigenvalue weighted by molar-refractivity contribution is 0.183. The van der Waals surface area contributed by atoms with Gasteiger partial charge in [0, 0.05) is 9.75 Å². The van der Waals surface area contributed by atoms with E-state index in [-0.39, 0.29) is 0 Å². The van der Waals surface area contributed by atoms with Gasteiger partial charge in [0.05, 0.1) is 6.61 Å². The van der Waals surface area contributed by atoms with E-state index in [9.17, 15) is 0 Å². The second kappa shape index (κ2) is 6.42. The van der Waals surface area contributed by atoms with E-state index in [0.29, 0.717) is 18.6 Å². The lowest BCUT2D eigenvalue weighted by Crippen LogP contribution is -2.11. The molecular weight excluding hydrogens is 258 g/mol. The van der Waals surface area contributed by atoms with Crippen LogP contribution >= 0.6 is 11.3 Å². The van der Waals surface area contributed by atoms with Crippen LogP contribution in [0.25, 0.3) is 11.1 Å². The van der Waals surface area contributed by atoms with Crippen molar-refractivity contribution in [2.45, 2.75) is 53.4 Å². The smallest absolute Gasteiger partial charge is 0.394 e. The first-order chi connectivity index (χ1) is 9.15. The Labute approximate surface area is 119 Å². The number of hydrogen-bond donors (Lipinski definition) is 0. The van der Waals surface area contributed by atoms with Crippen LogP contribution in [0.2, 0.25) is 0 Å². The van der Waals surface area contributed by atoms with Crippen molar-refractivity contribution < 1.29 is 9.15 Å². The second-order valence-electron chi connectivity index (χ2n) is 5.10. The van der Waals surface area contributed by atoms with Gasteiger partial charge in [-0.05, 0) is 26.2 Å². The van der Waals surface area contributed by atoms with E-state index in [0.717, 1.165) is 17.5 Å². The summed E-state index contributed by atoms with van der Waals surface area (Å²) < 4.78 is 11.4. The fraction of sp³-hybridized carbons (Fsp3) is 0.667. The minimum atomic E-state index is 0.430. The van der Waals surface area contributed by atoms with E-state index in [1.54, 1.807) is 11.3 Å². The molecule has 0 saturated heterocycles. The summed E-state index contributed by atoms with van der Waals surface area (Å²) >= 11 is 1.73. The molecule has 0 spiro atoms. The molecule has 2 aromatic rings. The Morgan fingerprint density at radius 1 is 1.26 bits per heavy atom. The van der Waals surface area contributed by atoms with Crippen LogP contribution in [-0.4, -0.2) is 11.6 Å². The minimum absolute atomic E-state index is 0.430. The summed E-state index contributed by atoms with van der Waals surface area (Å²) in [5.74, 6) is 0.603. The Balaban J connectivity index is 1.99. The Bertz CT molecular complexity index is 495. The molecule has 0 bridgehead atoms. The molecule has 0 aliphatic carbocycles. The average Bonchev–Trinajstić information content (AvgIpc) is 2.92. The van der Waals surface area contributed by atoms with Crippen LogP contribution in [0.15, 0.2) is 4.42 Å². The zero-order valence-electron chi connectivity index (χ0n) is 12.3. The molecule has 1 atom stereocenters. The van der Waals surface area contributed by atoms with Crippen molar-refractivity contribution >= 4 is 22.4 Å². The number of rotatable bonds is 7. The molecule has 0 aliphatic heterocycles. The molecule has 106 valence electrons. The zero-order valence-corrected chi connectivity index (χ0v) is 13.1. The first kappa shape index (κ1) is 14.4. The second-order valence-corrected chi connectivity index (χ2v) is 6.53. The lowest BCUT2D eigenvalue weighted by Gasteiger charge is -2.13. The van der Waals surface area contributed by atoms with Gasteiger partial charge in [-0.1, -0.05) is 33.1 Å². The summed E-state index contributed by atoms with van der Waals surface area (Å²) in [4.78, 5) is 6.81. The summed E-state index contributed by atoms with van der Waals surface area (Å²) in [6, 6.07) is 0. The largest absolute Gasteiger partial charge is 0.450 e. The summed E-state index contributed by atoms with van der Waals surface area (Å²) in [7, 11) is 0. The maximum atomic E-state index is 5.74. The number of unbranched alkanes of at least 4 members (excludes halogenated alkanes) is 1. The maximum absolute atomic E-state index is 5.74. The van der Waals surface area contributed by atoms with Gasteiger partial charge in [0.25, 0.3) is 0 Å². The molecule has 19 heavy (non-hydrogen) atoms. The first-order valence-corrected chi connectivity index (χ1v) is 7.96. The SMILES string of the molecule is CCCCC(CC)COc1nc2c(C)sc(C)c2o1. The van der Waals surface area contributed by atoms with Gasteiger partial charge in [-0.3, -0.25) is 0 Å². The summed E-state index contributed by atoms with van der Waals surface area (Å²) in [5.41, 5.74) is 1.85. The van der Waals surface area contributed by atoms with Crippen LogP contribution in [0.5, 0.6) is 6.08 Å². The molecule has 0 aliphatic rings. The number of nitrogens with zero attached hydrogens (tertiary/aromatic N) is 1. The molecule has 0 aromatic carbocycles. The third-order valence-corrected chi connectivity index (χ3v) is 4.54. The number of aryl methyl sites for hydroxylation is 2. The van der Waals surface area contributed by atoms with Crippen molar-refractivity contribution in [3.05, 3.63) is 9.75 Å². The fourth-order valence-electron chi connectivity index (χ4n) is 2.25. The normalized spacial score (nSPS) is 13.1. The van der Waals surface area contributed by atoms with Crippen LogP contribution in [0.1, 0.15) is 49.3 Å². The van der Waals surface area contributed by atoms with Gasteiger partial charge in [-0.2, -0.15) is 4.98 Å². The van der Waals surface area contributed by atoms with Crippen LogP contribution in [0, 0.1) is 19.8 Å². The predicted octanol–water partition coefficient (Wildman–Crippen LogP) is 5.10. The van der Waals surface area contributed by atoms with E-state index >= 15 is 0 Å². The Morgan fingerprint density at radius 2 is 2.05 bits per heavy atom. The van der Waals surface area contributed by atoms with E-state index in [2.05, 4.69) is 32.7 Å². The van der Waals surface area contributed by atoms with Gasteiger partial charge in [0.1, 0.15) is 5.52 Å². The number of thiophene rings is 1. The number of fused-ring (bicyclic) bond motifs is 1. The fourth-order valence-corrected chi connectivity index (χ4v) is 3.18. The molecule has 0 fully saturated rings. The van der Waals surface area contributed by atoms with Crippen molar-refractivity contribution in [2.75, 3.05) is 6.61 Å². The Morgan fingerprint density at radius 3 is 2.68 bits per heavy atom. The van der Waals surface area contributed by atoms with Crippen molar-refractivity contribution in [1.82, 2.24) is 4.98 Å². The molecular formula is C15H23NO2S. The standard InChI is InChI=1S/C15H23NO2S/c1-5-7-8-12(6-2)9-17-15-16-13-10(3)19-11(4)14(13)18-15/h12H,5-9H2,1-4H3. The van der Waals surface area contributed by atoms with Crippen molar-refractivity contribution in [1.29, 1.82) is 0 Å². The van der Waals surface area contributed by atoms with E-state index in [1.807, 2.05) is 0 Å². The molecule has 2 aromatic heterocycles. The zero-order chi connectivity index (χ0) is 13.8. The van der Waals surface area contributed by atoms with Crippen LogP contribution < -0.4 is 4.74 Å². The van der Waals surface area contributed by atoms with Gasteiger partial charge in [0.15, 0.2) is 5.58 Å². The molecule has 3 nitrogen and oxygen atoms in total. The van der Waals surface area contributed by atoms with Gasteiger partial charge in [0.2, 0.25) is 0 Å². The molecule has 2 heterocycles. The van der Waals surface area contributed by atoms with E-state index < -0.39 is 0 Å². The third-order valence-electron chi connectivity index (χ3n) is 3.55. The highest BCUT2D eigenvalue weighted by Gasteiger charge is 2.15. The van der Waals surface area contributed by atoms with E-state index in [1.165, 1.54) is 29.0 Å². The third kappa shape index (κ3) is 3.30. The number of aromatic nitrogens is 1. The van der Waals surface area contributed by atoms with Crippen LogP contribution in [0.4, 0.5) is 0 Å². The van der Waals surface area contributed by atoms with Gasteiger partial charge in [-0.15, -0.1) is 11.3 Å². The number of hydrogen-bond acceptors (Lipinski definition) is 4. The predicted molar refractivity (Wildman–Crippen MR) is 80.2 cm³/mol. The first-order valence-electron chi connectivity index (χ1n) is 7.15. The van der Waals surface area contributed by atoms with Crippen molar-refractivity contribution in [3.8, 4) is 6.08 Å². The van der Waals surface area contributed by atoms with Gasteiger partial charge in [-0.25, -0.2) is 0 Å². The van der Waals surface area contributed by atoms with Gasteiger partial charge >= 0.3 is 6.08 Å². The number of ether oxygens (including phenoxy) is 1. The van der Waals surface area contributed by atoms with Crippen LogP contribution in [-0.2, 0) is 0 Å². The Kier molecular flexibility index (Phi) is 4.86. The molecule has 2 rings (SSSR count). The molecule has 0 radical (unpaired) electrons. The Hall–Kier alpha value is -1.03. The highest BCUT2D eigenvalue weighted by atomic mass is 32.1. The highest BCUT2D eigenvalue weighted by molar-refractivity contribution is 7.13. The topological polar surface area (TPSA) is 35.3 Å². The summed E-state index contributed by atoms with van der Waals surface area (Å²) in [5, 5.41) is 0. The molecule has 0 N–H and O–H groups in total.